The fraction of sp³-hybridized carbons (Fsp3) is 0.133. The van der Waals surface area contributed by atoms with E-state index in [-0.39, 0.29) is 12.6 Å². The van der Waals surface area contributed by atoms with Gasteiger partial charge in [-0.2, -0.15) is 0 Å². The topological polar surface area (TPSA) is 42.1 Å². The van der Waals surface area contributed by atoms with Crippen LogP contribution in [0.15, 0.2) is 42.7 Å². The molecule has 0 bridgehead atoms. The summed E-state index contributed by atoms with van der Waals surface area (Å²) in [6.07, 6.45) is 3.38. The molecular weight excluding hydrogens is 226 g/mol. The summed E-state index contributed by atoms with van der Waals surface area (Å²) in [5.74, 6) is 5.38. The quantitative estimate of drug-likeness (QED) is 0.646. The van der Waals surface area contributed by atoms with Crippen molar-refractivity contribution in [1.82, 2.24) is 4.98 Å². The molecule has 3 nitrogen and oxygen atoms in total. The van der Waals surface area contributed by atoms with Crippen LogP contribution in [-0.4, -0.2) is 17.6 Å². The highest BCUT2D eigenvalue weighted by Gasteiger charge is 2.09. The first-order valence-corrected chi connectivity index (χ1v) is 5.62. The molecule has 0 amide bonds. The Balaban J connectivity index is 1.89. The van der Waals surface area contributed by atoms with Gasteiger partial charge in [-0.3, -0.25) is 0 Å². The summed E-state index contributed by atoms with van der Waals surface area (Å²) in [6, 6.07) is 9.58. The van der Waals surface area contributed by atoms with Crippen LogP contribution in [0.25, 0.3) is 0 Å². The van der Waals surface area contributed by atoms with E-state index in [1.807, 2.05) is 37.3 Å². The fourth-order valence-electron chi connectivity index (χ4n) is 1.50. The average Bonchev–Trinajstić information content (AvgIpc) is 2.82. The Morgan fingerprint density at radius 3 is 2.72 bits per heavy atom. The largest absolute Gasteiger partial charge is 0.449 e. The highest BCUT2D eigenvalue weighted by Crippen LogP contribution is 2.07. The van der Waals surface area contributed by atoms with Gasteiger partial charge in [0.15, 0.2) is 6.61 Å². The molecule has 0 spiro atoms. The second-order valence-electron chi connectivity index (χ2n) is 3.80. The van der Waals surface area contributed by atoms with Gasteiger partial charge < -0.3 is 9.72 Å². The molecule has 0 saturated carbocycles. The Bertz CT molecular complexity index is 588. The fourth-order valence-corrected chi connectivity index (χ4v) is 1.50. The van der Waals surface area contributed by atoms with E-state index in [1.54, 1.807) is 12.4 Å². The minimum absolute atomic E-state index is 0.0956. The molecule has 1 N–H and O–H groups in total. The molecule has 0 aliphatic heterocycles. The molecule has 0 atom stereocenters. The van der Waals surface area contributed by atoms with Crippen molar-refractivity contribution in [3.05, 3.63) is 59.4 Å². The molecule has 0 unspecified atom stereocenters. The summed E-state index contributed by atoms with van der Waals surface area (Å²) in [5, 5.41) is 0. The number of carbonyl (C=O) groups is 1. The Morgan fingerprint density at radius 1 is 1.28 bits per heavy atom. The van der Waals surface area contributed by atoms with Gasteiger partial charge in [-0.25, -0.2) is 4.79 Å². The van der Waals surface area contributed by atoms with Gasteiger partial charge in [-0.15, -0.1) is 0 Å². The van der Waals surface area contributed by atoms with Crippen LogP contribution in [0.3, 0.4) is 0 Å². The molecule has 0 fully saturated rings. The molecule has 90 valence electrons. The SMILES string of the molecule is Cc1c[nH]cc1C(=O)OCC#Cc1ccccc1. The van der Waals surface area contributed by atoms with Crippen molar-refractivity contribution in [3.8, 4) is 11.8 Å². The zero-order valence-electron chi connectivity index (χ0n) is 10.1. The van der Waals surface area contributed by atoms with E-state index >= 15 is 0 Å². The highest BCUT2D eigenvalue weighted by molar-refractivity contribution is 5.90. The highest BCUT2D eigenvalue weighted by atomic mass is 16.5. The molecule has 0 radical (unpaired) electrons. The monoisotopic (exact) mass is 239 g/mol. The number of rotatable bonds is 2. The number of carbonyl (C=O) groups excluding carboxylic acids is 1. The van der Waals surface area contributed by atoms with Crippen molar-refractivity contribution < 1.29 is 9.53 Å². The summed E-state index contributed by atoms with van der Waals surface area (Å²) < 4.78 is 5.06. The number of ether oxygens (including phenoxy) is 1. The van der Waals surface area contributed by atoms with Crippen LogP contribution in [0.4, 0.5) is 0 Å². The maximum atomic E-state index is 11.6. The second kappa shape index (κ2) is 5.74. The summed E-state index contributed by atoms with van der Waals surface area (Å²) in [6.45, 7) is 1.95. The summed E-state index contributed by atoms with van der Waals surface area (Å²) in [7, 11) is 0. The Morgan fingerprint density at radius 2 is 2.06 bits per heavy atom. The van der Waals surface area contributed by atoms with Crippen LogP contribution in [0.5, 0.6) is 0 Å². The third-order valence-electron chi connectivity index (χ3n) is 2.45. The van der Waals surface area contributed by atoms with Crippen molar-refractivity contribution in [2.75, 3.05) is 6.61 Å². The van der Waals surface area contributed by atoms with Gasteiger partial charge in [0.2, 0.25) is 0 Å². The third-order valence-corrected chi connectivity index (χ3v) is 2.45. The van der Waals surface area contributed by atoms with Crippen LogP contribution < -0.4 is 0 Å². The number of esters is 1. The molecule has 3 heteroatoms. The maximum Gasteiger partial charge on any atom is 0.340 e. The van der Waals surface area contributed by atoms with Gasteiger partial charge in [0.25, 0.3) is 0 Å². The van der Waals surface area contributed by atoms with E-state index in [1.165, 1.54) is 0 Å². The summed E-state index contributed by atoms with van der Waals surface area (Å²) in [5.41, 5.74) is 2.33. The minimum atomic E-state index is -0.351. The lowest BCUT2D eigenvalue weighted by Crippen LogP contribution is -2.05. The van der Waals surface area contributed by atoms with E-state index < -0.39 is 0 Å². The van der Waals surface area contributed by atoms with Crippen LogP contribution >= 0.6 is 0 Å². The van der Waals surface area contributed by atoms with Crippen LogP contribution in [0, 0.1) is 18.8 Å². The van der Waals surface area contributed by atoms with Crippen molar-refractivity contribution in [3.63, 3.8) is 0 Å². The second-order valence-corrected chi connectivity index (χ2v) is 3.80. The van der Waals surface area contributed by atoms with Crippen molar-refractivity contribution in [2.45, 2.75) is 6.92 Å². The van der Waals surface area contributed by atoms with E-state index in [0.29, 0.717) is 5.56 Å². The number of aromatic amines is 1. The van der Waals surface area contributed by atoms with Gasteiger partial charge in [-0.05, 0) is 24.6 Å². The smallest absolute Gasteiger partial charge is 0.340 e. The first-order valence-electron chi connectivity index (χ1n) is 5.62. The van der Waals surface area contributed by atoms with E-state index in [4.69, 9.17) is 4.74 Å². The predicted octanol–water partition coefficient (Wildman–Crippen LogP) is 2.53. The standard InChI is InChI=1S/C15H13NO2/c1-12-10-16-11-14(12)15(17)18-9-5-8-13-6-3-2-4-7-13/h2-4,6-7,10-11,16H,9H2,1H3. The van der Waals surface area contributed by atoms with E-state index in [0.717, 1.165) is 11.1 Å². The van der Waals surface area contributed by atoms with Crippen LogP contribution in [0.2, 0.25) is 0 Å². The third kappa shape index (κ3) is 3.02. The first-order chi connectivity index (χ1) is 8.77. The number of aromatic nitrogens is 1. The number of nitrogens with one attached hydrogen (secondary N) is 1. The summed E-state index contributed by atoms with van der Waals surface area (Å²) in [4.78, 5) is 14.5. The lowest BCUT2D eigenvalue weighted by atomic mass is 10.2. The maximum absolute atomic E-state index is 11.6. The van der Waals surface area contributed by atoms with Gasteiger partial charge in [-0.1, -0.05) is 30.0 Å². The Kier molecular flexibility index (Phi) is 3.83. The number of benzene rings is 1. The minimum Gasteiger partial charge on any atom is -0.449 e. The normalized spacial score (nSPS) is 9.39. The molecular formula is C15H13NO2. The van der Waals surface area contributed by atoms with Gasteiger partial charge in [0, 0.05) is 18.0 Å². The molecule has 0 aliphatic rings. The Labute approximate surface area is 106 Å². The Hall–Kier alpha value is -2.47. The van der Waals surface area contributed by atoms with E-state index in [2.05, 4.69) is 16.8 Å². The molecule has 18 heavy (non-hydrogen) atoms. The molecule has 1 heterocycles. The molecule has 2 rings (SSSR count). The molecule has 0 aliphatic carbocycles. The zero-order chi connectivity index (χ0) is 12.8. The predicted molar refractivity (Wildman–Crippen MR) is 69.1 cm³/mol. The van der Waals surface area contributed by atoms with E-state index in [9.17, 15) is 4.79 Å². The average molecular weight is 239 g/mol. The molecule has 0 saturated heterocycles. The summed E-state index contributed by atoms with van der Waals surface area (Å²) >= 11 is 0. The first kappa shape index (κ1) is 12.0. The van der Waals surface area contributed by atoms with Gasteiger partial charge in [0.1, 0.15) is 0 Å². The van der Waals surface area contributed by atoms with Crippen LogP contribution in [-0.2, 0) is 4.74 Å². The van der Waals surface area contributed by atoms with Crippen molar-refractivity contribution >= 4 is 5.97 Å². The zero-order valence-corrected chi connectivity index (χ0v) is 10.1. The van der Waals surface area contributed by atoms with Gasteiger partial charge in [0.05, 0.1) is 5.56 Å². The van der Waals surface area contributed by atoms with Gasteiger partial charge >= 0.3 is 5.97 Å². The lowest BCUT2D eigenvalue weighted by molar-refractivity contribution is 0.0556. The number of hydrogen-bond acceptors (Lipinski definition) is 2. The van der Waals surface area contributed by atoms with Crippen molar-refractivity contribution in [1.29, 1.82) is 0 Å². The molecule has 1 aromatic carbocycles. The van der Waals surface area contributed by atoms with Crippen molar-refractivity contribution in [2.24, 2.45) is 0 Å². The number of H-pyrrole nitrogens is 1. The number of hydrogen-bond donors (Lipinski definition) is 1. The molecule has 1 aromatic heterocycles. The lowest BCUT2D eigenvalue weighted by Gasteiger charge is -1.98. The van der Waals surface area contributed by atoms with Crippen LogP contribution in [0.1, 0.15) is 21.5 Å². The molecule has 2 aromatic rings. The number of aryl methyl sites for hydroxylation is 1.